The van der Waals surface area contributed by atoms with E-state index >= 15 is 0 Å². The first-order valence-electron chi connectivity index (χ1n) is 7.40. The molecule has 4 heteroatoms. The first kappa shape index (κ1) is 16.5. The highest BCUT2D eigenvalue weighted by Gasteiger charge is 2.24. The molecular weight excluding hydrogens is 290 g/mol. The molecule has 118 valence electrons. The third-order valence-electron chi connectivity index (χ3n) is 3.33. The number of amides is 1. The summed E-state index contributed by atoms with van der Waals surface area (Å²) in [6.07, 6.45) is 0. The van der Waals surface area contributed by atoms with Crippen LogP contribution in [-0.2, 0) is 9.53 Å². The predicted octanol–water partition coefficient (Wildman–Crippen LogP) is 3.28. The zero-order chi connectivity index (χ0) is 16.7. The van der Waals surface area contributed by atoms with Crippen molar-refractivity contribution in [3.05, 3.63) is 83.9 Å². The molecule has 2 aromatic carbocycles. The highest BCUT2D eigenvalue weighted by Crippen LogP contribution is 2.22. The van der Waals surface area contributed by atoms with Gasteiger partial charge in [0.25, 0.3) is 5.91 Å². The van der Waals surface area contributed by atoms with E-state index in [0.717, 1.165) is 5.56 Å². The molecule has 0 heterocycles. The maximum atomic E-state index is 12.4. The molecule has 0 aliphatic heterocycles. The Labute approximate surface area is 135 Å². The van der Waals surface area contributed by atoms with E-state index in [2.05, 4.69) is 11.9 Å². The van der Waals surface area contributed by atoms with Crippen LogP contribution in [-0.4, -0.2) is 18.5 Å². The quantitative estimate of drug-likeness (QED) is 0.658. The van der Waals surface area contributed by atoms with Crippen molar-refractivity contribution in [2.75, 3.05) is 6.61 Å². The molecule has 23 heavy (non-hydrogen) atoms. The van der Waals surface area contributed by atoms with Crippen molar-refractivity contribution in [1.29, 1.82) is 0 Å². The first-order valence-corrected chi connectivity index (χ1v) is 7.40. The van der Waals surface area contributed by atoms with Crippen LogP contribution in [0.2, 0.25) is 0 Å². The largest absolute Gasteiger partial charge is 0.463 e. The molecule has 1 unspecified atom stereocenters. The Morgan fingerprint density at radius 2 is 1.61 bits per heavy atom. The average Bonchev–Trinajstić information content (AvgIpc) is 2.60. The molecule has 0 saturated heterocycles. The standard InChI is InChI=1S/C19H19NO3/c1-3-23-19(22)14(2)17(15-10-6-4-7-11-15)20-18(21)16-12-8-5-9-13-16/h4-13,17H,2-3H2,1H3,(H,20,21). The molecule has 2 rings (SSSR count). The summed E-state index contributed by atoms with van der Waals surface area (Å²) in [7, 11) is 0. The van der Waals surface area contributed by atoms with E-state index in [4.69, 9.17) is 4.74 Å². The fraction of sp³-hybridized carbons (Fsp3) is 0.158. The van der Waals surface area contributed by atoms with Gasteiger partial charge in [0.05, 0.1) is 18.2 Å². The van der Waals surface area contributed by atoms with E-state index in [1.54, 1.807) is 31.2 Å². The minimum Gasteiger partial charge on any atom is -0.463 e. The number of esters is 1. The highest BCUT2D eigenvalue weighted by atomic mass is 16.5. The summed E-state index contributed by atoms with van der Waals surface area (Å²) >= 11 is 0. The Kier molecular flexibility index (Phi) is 5.69. The normalized spacial score (nSPS) is 11.3. The topological polar surface area (TPSA) is 55.4 Å². The lowest BCUT2D eigenvalue weighted by Crippen LogP contribution is -2.32. The molecule has 1 N–H and O–H groups in total. The number of hydrogen-bond donors (Lipinski definition) is 1. The molecule has 0 saturated carbocycles. The van der Waals surface area contributed by atoms with Gasteiger partial charge in [-0.3, -0.25) is 4.79 Å². The van der Waals surface area contributed by atoms with Crippen LogP contribution >= 0.6 is 0 Å². The minimum atomic E-state index is -0.636. The lowest BCUT2D eigenvalue weighted by molar-refractivity contribution is -0.138. The number of nitrogens with one attached hydrogen (secondary N) is 1. The first-order chi connectivity index (χ1) is 11.1. The second kappa shape index (κ2) is 7.94. The molecule has 1 amide bonds. The van der Waals surface area contributed by atoms with Gasteiger partial charge in [-0.15, -0.1) is 0 Å². The zero-order valence-electron chi connectivity index (χ0n) is 13.0. The molecule has 1 atom stereocenters. The number of ether oxygens (including phenoxy) is 1. The second-order valence-electron chi connectivity index (χ2n) is 4.93. The lowest BCUT2D eigenvalue weighted by Gasteiger charge is -2.20. The van der Waals surface area contributed by atoms with Gasteiger partial charge >= 0.3 is 5.97 Å². The fourth-order valence-electron chi connectivity index (χ4n) is 2.16. The SMILES string of the molecule is C=C(C(=O)OCC)C(NC(=O)c1ccccc1)c1ccccc1. The third-order valence-corrected chi connectivity index (χ3v) is 3.33. The second-order valence-corrected chi connectivity index (χ2v) is 4.93. The summed E-state index contributed by atoms with van der Waals surface area (Å²) < 4.78 is 5.00. The van der Waals surface area contributed by atoms with Gasteiger partial charge in [-0.1, -0.05) is 55.1 Å². The summed E-state index contributed by atoms with van der Waals surface area (Å²) in [5.41, 5.74) is 1.49. The van der Waals surface area contributed by atoms with E-state index in [1.165, 1.54) is 0 Å². The maximum absolute atomic E-state index is 12.4. The summed E-state index contributed by atoms with van der Waals surface area (Å²) in [5.74, 6) is -0.792. The van der Waals surface area contributed by atoms with Gasteiger partial charge in [0.1, 0.15) is 0 Å². The van der Waals surface area contributed by atoms with Crippen LogP contribution in [0.15, 0.2) is 72.8 Å². The van der Waals surface area contributed by atoms with Crippen molar-refractivity contribution in [2.24, 2.45) is 0 Å². The smallest absolute Gasteiger partial charge is 0.335 e. The molecule has 0 aliphatic rings. The van der Waals surface area contributed by atoms with Crippen LogP contribution in [0.3, 0.4) is 0 Å². The van der Waals surface area contributed by atoms with E-state index < -0.39 is 12.0 Å². The van der Waals surface area contributed by atoms with Crippen molar-refractivity contribution >= 4 is 11.9 Å². The van der Waals surface area contributed by atoms with Crippen LogP contribution in [0, 0.1) is 0 Å². The lowest BCUT2D eigenvalue weighted by atomic mass is 9.99. The van der Waals surface area contributed by atoms with Crippen LogP contribution in [0.1, 0.15) is 28.9 Å². The van der Waals surface area contributed by atoms with Gasteiger partial charge in [0.15, 0.2) is 0 Å². The van der Waals surface area contributed by atoms with Crippen molar-refractivity contribution in [2.45, 2.75) is 13.0 Å². The summed E-state index contributed by atoms with van der Waals surface area (Å²) in [5, 5.41) is 2.85. The van der Waals surface area contributed by atoms with Crippen molar-refractivity contribution in [3.63, 3.8) is 0 Å². The van der Waals surface area contributed by atoms with Gasteiger partial charge < -0.3 is 10.1 Å². The van der Waals surface area contributed by atoms with Gasteiger partial charge in [-0.2, -0.15) is 0 Å². The number of rotatable bonds is 6. The predicted molar refractivity (Wildman–Crippen MR) is 88.9 cm³/mol. The molecule has 0 spiro atoms. The number of carbonyl (C=O) groups excluding carboxylic acids is 2. The van der Waals surface area contributed by atoms with Gasteiger partial charge in [-0.25, -0.2) is 4.79 Å². The van der Waals surface area contributed by atoms with E-state index in [-0.39, 0.29) is 18.1 Å². The Balaban J connectivity index is 2.25. The average molecular weight is 309 g/mol. The Hall–Kier alpha value is -2.88. The van der Waals surface area contributed by atoms with Crippen LogP contribution in [0.25, 0.3) is 0 Å². The molecule has 0 aliphatic carbocycles. The van der Waals surface area contributed by atoms with E-state index in [0.29, 0.717) is 5.56 Å². The molecular formula is C19H19NO3. The zero-order valence-corrected chi connectivity index (χ0v) is 13.0. The molecule has 0 radical (unpaired) electrons. The van der Waals surface area contributed by atoms with E-state index in [1.807, 2.05) is 36.4 Å². The van der Waals surface area contributed by atoms with Gasteiger partial charge in [-0.05, 0) is 24.6 Å². The van der Waals surface area contributed by atoms with Crippen LogP contribution in [0.5, 0.6) is 0 Å². The summed E-state index contributed by atoms with van der Waals surface area (Å²) in [4.78, 5) is 24.4. The summed E-state index contributed by atoms with van der Waals surface area (Å²) in [6, 6.07) is 17.4. The monoisotopic (exact) mass is 309 g/mol. The summed E-state index contributed by atoms with van der Waals surface area (Å²) in [6.45, 7) is 5.79. The van der Waals surface area contributed by atoms with Crippen LogP contribution in [0.4, 0.5) is 0 Å². The third kappa shape index (κ3) is 4.30. The molecule has 0 bridgehead atoms. The number of carbonyl (C=O) groups is 2. The minimum absolute atomic E-state index is 0.197. The highest BCUT2D eigenvalue weighted by molar-refractivity contribution is 5.96. The van der Waals surface area contributed by atoms with Crippen molar-refractivity contribution in [1.82, 2.24) is 5.32 Å². The Bertz CT molecular complexity index is 680. The fourth-order valence-corrected chi connectivity index (χ4v) is 2.16. The van der Waals surface area contributed by atoms with E-state index in [9.17, 15) is 9.59 Å². The van der Waals surface area contributed by atoms with Crippen LogP contribution < -0.4 is 5.32 Å². The van der Waals surface area contributed by atoms with Gasteiger partial charge in [0, 0.05) is 5.56 Å². The number of hydrogen-bond acceptors (Lipinski definition) is 3. The maximum Gasteiger partial charge on any atom is 0.335 e. The van der Waals surface area contributed by atoms with Crippen molar-refractivity contribution in [3.8, 4) is 0 Å². The van der Waals surface area contributed by atoms with Gasteiger partial charge in [0.2, 0.25) is 0 Å². The number of benzene rings is 2. The molecule has 0 fully saturated rings. The Morgan fingerprint density at radius 1 is 1.04 bits per heavy atom. The Morgan fingerprint density at radius 3 is 2.17 bits per heavy atom. The molecule has 0 aromatic heterocycles. The molecule has 2 aromatic rings. The van der Waals surface area contributed by atoms with Crippen molar-refractivity contribution < 1.29 is 14.3 Å². The molecule has 4 nitrogen and oxygen atoms in total.